The predicted octanol–water partition coefficient (Wildman–Crippen LogP) is 5.25. The van der Waals surface area contributed by atoms with E-state index in [9.17, 15) is 14.0 Å². The molecule has 0 unspecified atom stereocenters. The van der Waals surface area contributed by atoms with Crippen LogP contribution in [-0.2, 0) is 4.79 Å². The zero-order chi connectivity index (χ0) is 22.7. The van der Waals surface area contributed by atoms with E-state index in [-0.39, 0.29) is 29.7 Å². The first kappa shape index (κ1) is 21.4. The van der Waals surface area contributed by atoms with E-state index in [2.05, 4.69) is 15.6 Å². The summed E-state index contributed by atoms with van der Waals surface area (Å²) in [5.74, 6) is -0.389. The van der Waals surface area contributed by atoms with Crippen LogP contribution < -0.4 is 15.4 Å². The molecule has 162 valence electrons. The van der Waals surface area contributed by atoms with Crippen molar-refractivity contribution in [2.45, 2.75) is 0 Å². The van der Waals surface area contributed by atoms with Gasteiger partial charge in [0.2, 0.25) is 11.7 Å². The molecule has 0 spiro atoms. The fraction of sp³-hybridized carbons (Fsp3) is 0.0833. The lowest BCUT2D eigenvalue weighted by Crippen LogP contribution is -2.22. The molecule has 32 heavy (non-hydrogen) atoms. The van der Waals surface area contributed by atoms with Gasteiger partial charge in [0.15, 0.2) is 0 Å². The summed E-state index contributed by atoms with van der Waals surface area (Å²) in [5.41, 5.74) is 2.26. The number of methoxy groups -OCH3 is 1. The first-order chi connectivity index (χ1) is 15.4. The van der Waals surface area contributed by atoms with Crippen LogP contribution in [0.3, 0.4) is 0 Å². The molecule has 3 aromatic carbocycles. The van der Waals surface area contributed by atoms with Gasteiger partial charge in [-0.2, -0.15) is 0 Å². The van der Waals surface area contributed by atoms with E-state index in [1.165, 1.54) is 24.3 Å². The highest BCUT2D eigenvalue weighted by atomic mass is 35.5. The van der Waals surface area contributed by atoms with Gasteiger partial charge in [0, 0.05) is 27.2 Å². The average molecular weight is 452 g/mol. The number of nitrogens with one attached hydrogen (secondary N) is 3. The number of hydrogen-bond donors (Lipinski definition) is 3. The van der Waals surface area contributed by atoms with Gasteiger partial charge in [0.05, 0.1) is 19.3 Å². The van der Waals surface area contributed by atoms with Crippen molar-refractivity contribution in [2.75, 3.05) is 24.3 Å². The number of rotatable bonds is 7. The predicted molar refractivity (Wildman–Crippen MR) is 123 cm³/mol. The Hall–Kier alpha value is -3.84. The van der Waals surface area contributed by atoms with Crippen LogP contribution >= 0.6 is 11.6 Å². The number of hydrogen-bond acceptors (Lipinski definition) is 4. The van der Waals surface area contributed by atoms with E-state index in [0.29, 0.717) is 38.6 Å². The van der Waals surface area contributed by atoms with Crippen molar-refractivity contribution in [1.82, 2.24) is 4.98 Å². The Balaban J connectivity index is 1.62. The second-order valence-electron chi connectivity index (χ2n) is 7.03. The molecule has 0 saturated carbocycles. The molecular weight excluding hydrogens is 433 g/mol. The lowest BCUT2D eigenvalue weighted by Gasteiger charge is -2.09. The zero-order valence-corrected chi connectivity index (χ0v) is 17.8. The van der Waals surface area contributed by atoms with E-state index < -0.39 is 0 Å². The third-order valence-corrected chi connectivity index (χ3v) is 5.14. The molecule has 0 aliphatic heterocycles. The summed E-state index contributed by atoms with van der Waals surface area (Å²) in [4.78, 5) is 28.9. The Bertz CT molecular complexity index is 1280. The minimum absolute atomic E-state index is 0.0674. The lowest BCUT2D eigenvalue weighted by molar-refractivity contribution is -0.114. The first-order valence-electron chi connectivity index (χ1n) is 9.74. The van der Waals surface area contributed by atoms with E-state index in [1.807, 2.05) is 0 Å². The van der Waals surface area contributed by atoms with Gasteiger partial charge in [-0.25, -0.2) is 4.39 Å². The number of carbonyl (C=O) groups excluding carboxylic acids is 2. The molecule has 0 bridgehead atoms. The fourth-order valence-corrected chi connectivity index (χ4v) is 3.46. The molecule has 1 aromatic heterocycles. The number of H-pyrrole nitrogens is 1. The number of halogens is 2. The van der Waals surface area contributed by atoms with Crippen LogP contribution in [0.5, 0.6) is 5.75 Å². The third-order valence-electron chi connectivity index (χ3n) is 4.90. The van der Waals surface area contributed by atoms with Crippen molar-refractivity contribution in [3.8, 4) is 5.75 Å². The van der Waals surface area contributed by atoms with Crippen LogP contribution in [0, 0.1) is 5.82 Å². The monoisotopic (exact) mass is 451 g/mol. The summed E-state index contributed by atoms with van der Waals surface area (Å²) in [5, 5.41) is 6.89. The van der Waals surface area contributed by atoms with Crippen molar-refractivity contribution in [3.05, 3.63) is 88.8 Å². The first-order valence-corrected chi connectivity index (χ1v) is 10.1. The summed E-state index contributed by atoms with van der Waals surface area (Å²) >= 11 is 6.10. The van der Waals surface area contributed by atoms with Crippen LogP contribution in [0.1, 0.15) is 16.1 Å². The van der Waals surface area contributed by atoms with Gasteiger partial charge in [-0.3, -0.25) is 9.59 Å². The normalized spacial score (nSPS) is 10.7. The van der Waals surface area contributed by atoms with Crippen LogP contribution in [0.4, 0.5) is 15.8 Å². The van der Waals surface area contributed by atoms with Gasteiger partial charge in [-0.15, -0.1) is 0 Å². The number of ketones is 1. The highest BCUT2D eigenvalue weighted by molar-refractivity contribution is 6.31. The Morgan fingerprint density at radius 3 is 2.44 bits per heavy atom. The number of fused-ring (bicyclic) bond motifs is 1. The second kappa shape index (κ2) is 9.11. The summed E-state index contributed by atoms with van der Waals surface area (Å²) in [6, 6.07) is 17.5. The average Bonchev–Trinajstić information content (AvgIpc) is 3.15. The molecule has 1 heterocycles. The Morgan fingerprint density at radius 1 is 1.03 bits per heavy atom. The number of amides is 1. The topological polar surface area (TPSA) is 83.2 Å². The molecule has 0 saturated heterocycles. The molecule has 0 fully saturated rings. The summed E-state index contributed by atoms with van der Waals surface area (Å²) in [6.45, 7) is -0.0674. The van der Waals surface area contributed by atoms with Crippen molar-refractivity contribution < 1.29 is 18.7 Å². The van der Waals surface area contributed by atoms with Crippen LogP contribution in [0.25, 0.3) is 10.9 Å². The van der Waals surface area contributed by atoms with E-state index in [4.69, 9.17) is 16.3 Å². The molecule has 0 atom stereocenters. The van der Waals surface area contributed by atoms with Gasteiger partial charge >= 0.3 is 0 Å². The third kappa shape index (κ3) is 4.58. The van der Waals surface area contributed by atoms with Gasteiger partial charge in [0.25, 0.3) is 0 Å². The second-order valence-corrected chi connectivity index (χ2v) is 7.47. The highest BCUT2D eigenvalue weighted by Crippen LogP contribution is 2.31. The number of aromatic nitrogens is 1. The molecule has 1 amide bonds. The quantitative estimate of drug-likeness (QED) is 0.335. The maximum Gasteiger partial charge on any atom is 0.243 e. The minimum atomic E-state index is -0.367. The van der Waals surface area contributed by atoms with Gasteiger partial charge in [-0.1, -0.05) is 11.6 Å². The van der Waals surface area contributed by atoms with Gasteiger partial charge < -0.3 is 20.4 Å². The number of carbonyl (C=O) groups is 2. The lowest BCUT2D eigenvalue weighted by atomic mass is 10.1. The highest BCUT2D eigenvalue weighted by Gasteiger charge is 2.21. The molecule has 4 rings (SSSR count). The van der Waals surface area contributed by atoms with Crippen molar-refractivity contribution in [3.63, 3.8) is 0 Å². The smallest absolute Gasteiger partial charge is 0.243 e. The molecule has 0 aliphatic carbocycles. The molecule has 4 aromatic rings. The summed E-state index contributed by atoms with van der Waals surface area (Å²) < 4.78 is 18.2. The molecule has 8 heteroatoms. The van der Waals surface area contributed by atoms with E-state index >= 15 is 0 Å². The maximum atomic E-state index is 13.2. The fourth-order valence-electron chi connectivity index (χ4n) is 3.29. The SMILES string of the molecule is COc1ccc(C(=O)c2[nH]c3cc(Cl)ccc3c2NC(=O)CNc2ccc(F)cc2)cc1. The summed E-state index contributed by atoms with van der Waals surface area (Å²) in [6.07, 6.45) is 0. The minimum Gasteiger partial charge on any atom is -0.497 e. The van der Waals surface area contributed by atoms with Crippen LogP contribution in [0.2, 0.25) is 5.02 Å². The number of ether oxygens (including phenoxy) is 1. The number of anilines is 2. The Kier molecular flexibility index (Phi) is 6.09. The number of benzene rings is 3. The molecular formula is C24H19ClFN3O3. The zero-order valence-electron chi connectivity index (χ0n) is 17.0. The standard InChI is InChI=1S/C24H19ClFN3O3/c1-32-18-9-2-14(3-10-18)24(31)23-22(19-11-4-15(25)12-20(19)28-23)29-21(30)13-27-17-7-5-16(26)6-8-17/h2-12,27-28H,13H2,1H3,(H,29,30). The van der Waals surface area contributed by atoms with Crippen molar-refractivity contribution in [2.24, 2.45) is 0 Å². The van der Waals surface area contributed by atoms with Gasteiger partial charge in [0.1, 0.15) is 17.3 Å². The molecule has 3 N–H and O–H groups in total. The molecule has 0 aliphatic rings. The molecule has 6 nitrogen and oxygen atoms in total. The summed E-state index contributed by atoms with van der Waals surface area (Å²) in [7, 11) is 1.55. The van der Waals surface area contributed by atoms with E-state index in [0.717, 1.165) is 0 Å². The van der Waals surface area contributed by atoms with Crippen LogP contribution in [0.15, 0.2) is 66.7 Å². The Morgan fingerprint density at radius 2 is 1.75 bits per heavy atom. The van der Waals surface area contributed by atoms with Crippen molar-refractivity contribution in [1.29, 1.82) is 0 Å². The molecule has 0 radical (unpaired) electrons. The maximum absolute atomic E-state index is 13.2. The van der Waals surface area contributed by atoms with Crippen LogP contribution in [-0.4, -0.2) is 30.3 Å². The van der Waals surface area contributed by atoms with Gasteiger partial charge in [-0.05, 0) is 66.7 Å². The Labute approximate surface area is 188 Å². The number of aromatic amines is 1. The largest absolute Gasteiger partial charge is 0.497 e. The van der Waals surface area contributed by atoms with Crippen molar-refractivity contribution >= 4 is 45.6 Å². The van der Waals surface area contributed by atoms with E-state index in [1.54, 1.807) is 49.6 Å².